The van der Waals surface area contributed by atoms with Gasteiger partial charge in [-0.2, -0.15) is 0 Å². The van der Waals surface area contributed by atoms with Gasteiger partial charge in [0.05, 0.1) is 0 Å². The number of aliphatic hydroxyl groups is 1. The SMILES string of the molecule is Cn1cc(CCO)c2cc([O])ccc21. The summed E-state index contributed by atoms with van der Waals surface area (Å²) >= 11 is 0. The number of hydrogen-bond acceptors (Lipinski definition) is 1. The van der Waals surface area contributed by atoms with Crippen LogP contribution in [0, 0.1) is 0 Å². The normalized spacial score (nSPS) is 11.0. The van der Waals surface area contributed by atoms with E-state index in [2.05, 4.69) is 0 Å². The van der Waals surface area contributed by atoms with Crippen LogP contribution in [0.4, 0.5) is 0 Å². The number of aromatic nitrogens is 1. The Morgan fingerprint density at radius 3 is 2.93 bits per heavy atom. The first-order chi connectivity index (χ1) is 6.72. The summed E-state index contributed by atoms with van der Waals surface area (Å²) in [6, 6.07) is 5.00. The lowest BCUT2D eigenvalue weighted by molar-refractivity contribution is 0.300. The number of benzene rings is 1. The largest absolute Gasteiger partial charge is 0.396 e. The molecule has 0 fully saturated rings. The Kier molecular flexibility index (Phi) is 2.17. The predicted octanol–water partition coefficient (Wildman–Crippen LogP) is 1.86. The summed E-state index contributed by atoms with van der Waals surface area (Å²) in [6.07, 6.45) is 2.56. The lowest BCUT2D eigenvalue weighted by Gasteiger charge is -1.95. The van der Waals surface area contributed by atoms with Gasteiger partial charge in [-0.25, -0.2) is 0 Å². The topological polar surface area (TPSA) is 45.1 Å². The van der Waals surface area contributed by atoms with E-state index < -0.39 is 0 Å². The van der Waals surface area contributed by atoms with Crippen LogP contribution in [0.15, 0.2) is 24.4 Å². The first-order valence-corrected chi connectivity index (χ1v) is 4.58. The summed E-state index contributed by atoms with van der Waals surface area (Å²) in [6.45, 7) is 0.113. The van der Waals surface area contributed by atoms with E-state index in [1.165, 1.54) is 0 Å². The van der Waals surface area contributed by atoms with Crippen molar-refractivity contribution in [3.8, 4) is 5.75 Å². The van der Waals surface area contributed by atoms with Gasteiger partial charge in [-0.15, -0.1) is 0 Å². The van der Waals surface area contributed by atoms with Gasteiger partial charge in [0.2, 0.25) is 0 Å². The third kappa shape index (κ3) is 1.36. The quantitative estimate of drug-likeness (QED) is 0.771. The van der Waals surface area contributed by atoms with Gasteiger partial charge < -0.3 is 9.67 Å². The van der Waals surface area contributed by atoms with Crippen LogP contribution in [0.5, 0.6) is 5.75 Å². The Labute approximate surface area is 82.2 Å². The van der Waals surface area contributed by atoms with Gasteiger partial charge in [0.15, 0.2) is 5.75 Å². The van der Waals surface area contributed by atoms with E-state index in [1.54, 1.807) is 12.1 Å². The molecule has 3 heteroatoms. The fourth-order valence-corrected chi connectivity index (χ4v) is 1.77. The van der Waals surface area contributed by atoms with Gasteiger partial charge in [0.1, 0.15) is 0 Å². The first kappa shape index (κ1) is 9.09. The monoisotopic (exact) mass is 190 g/mol. The van der Waals surface area contributed by atoms with Gasteiger partial charge >= 0.3 is 0 Å². The third-order valence-electron chi connectivity index (χ3n) is 2.42. The zero-order chi connectivity index (χ0) is 10.1. The summed E-state index contributed by atoms with van der Waals surface area (Å²) in [5, 5.41) is 21.0. The number of nitrogens with zero attached hydrogens (tertiary/aromatic N) is 1. The van der Waals surface area contributed by atoms with E-state index in [0.717, 1.165) is 16.5 Å². The van der Waals surface area contributed by atoms with Crippen molar-refractivity contribution in [3.05, 3.63) is 30.0 Å². The van der Waals surface area contributed by atoms with Crippen molar-refractivity contribution in [1.29, 1.82) is 0 Å². The van der Waals surface area contributed by atoms with Gasteiger partial charge in [0.25, 0.3) is 0 Å². The molecule has 0 spiro atoms. The molecule has 0 aliphatic carbocycles. The zero-order valence-electron chi connectivity index (χ0n) is 8.03. The predicted molar refractivity (Wildman–Crippen MR) is 53.8 cm³/mol. The molecular formula is C11H12NO2. The average molecular weight is 190 g/mol. The summed E-state index contributed by atoms with van der Waals surface area (Å²) in [7, 11) is 1.94. The van der Waals surface area contributed by atoms with Crippen molar-refractivity contribution in [1.82, 2.24) is 4.57 Å². The molecular weight excluding hydrogens is 178 g/mol. The molecule has 1 aromatic heterocycles. The van der Waals surface area contributed by atoms with Crippen LogP contribution in [-0.2, 0) is 18.6 Å². The van der Waals surface area contributed by atoms with Crippen molar-refractivity contribution < 1.29 is 10.2 Å². The molecule has 0 bridgehead atoms. The van der Waals surface area contributed by atoms with Crippen LogP contribution in [0.3, 0.4) is 0 Å². The minimum absolute atomic E-state index is 0.0166. The molecule has 3 nitrogen and oxygen atoms in total. The molecule has 1 N–H and O–H groups in total. The maximum atomic E-state index is 11.2. The molecule has 2 rings (SSSR count). The van der Waals surface area contributed by atoms with Gasteiger partial charge in [-0.1, -0.05) is 0 Å². The number of aliphatic hydroxyl groups excluding tert-OH is 1. The second kappa shape index (κ2) is 3.35. The van der Waals surface area contributed by atoms with Crippen molar-refractivity contribution in [2.75, 3.05) is 6.61 Å². The average Bonchev–Trinajstić information content (AvgIpc) is 2.44. The molecule has 0 aliphatic heterocycles. The highest BCUT2D eigenvalue weighted by Crippen LogP contribution is 2.25. The highest BCUT2D eigenvalue weighted by molar-refractivity contribution is 5.85. The molecule has 73 valence electrons. The van der Waals surface area contributed by atoms with Crippen LogP contribution >= 0.6 is 0 Å². The molecule has 0 unspecified atom stereocenters. The molecule has 1 radical (unpaired) electrons. The Morgan fingerprint density at radius 2 is 2.21 bits per heavy atom. The van der Waals surface area contributed by atoms with E-state index in [4.69, 9.17) is 5.11 Å². The second-order valence-electron chi connectivity index (χ2n) is 3.42. The minimum Gasteiger partial charge on any atom is -0.396 e. The Morgan fingerprint density at radius 1 is 1.43 bits per heavy atom. The second-order valence-corrected chi connectivity index (χ2v) is 3.42. The van der Waals surface area contributed by atoms with E-state index in [9.17, 15) is 5.11 Å². The maximum Gasteiger partial charge on any atom is 0.179 e. The zero-order valence-corrected chi connectivity index (χ0v) is 8.03. The maximum absolute atomic E-state index is 11.2. The van der Waals surface area contributed by atoms with E-state index in [-0.39, 0.29) is 12.4 Å². The minimum atomic E-state index is 0.0166. The summed E-state index contributed by atoms with van der Waals surface area (Å²) in [5.41, 5.74) is 2.07. The van der Waals surface area contributed by atoms with Crippen LogP contribution < -0.4 is 0 Å². The number of rotatable bonds is 2. The summed E-state index contributed by atoms with van der Waals surface area (Å²) in [5.74, 6) is 0.0166. The first-order valence-electron chi connectivity index (χ1n) is 4.58. The van der Waals surface area contributed by atoms with Gasteiger partial charge in [-0.3, -0.25) is 5.11 Å². The van der Waals surface area contributed by atoms with Crippen molar-refractivity contribution >= 4 is 10.9 Å². The molecule has 0 saturated carbocycles. The Hall–Kier alpha value is -1.48. The van der Waals surface area contributed by atoms with Crippen molar-refractivity contribution in [3.63, 3.8) is 0 Å². The fourth-order valence-electron chi connectivity index (χ4n) is 1.77. The molecule has 0 amide bonds. The lowest BCUT2D eigenvalue weighted by Crippen LogP contribution is -1.88. The summed E-state index contributed by atoms with van der Waals surface area (Å²) in [4.78, 5) is 0. The van der Waals surface area contributed by atoms with Gasteiger partial charge in [0, 0.05) is 30.8 Å². The Bertz CT molecular complexity index is 460. The van der Waals surface area contributed by atoms with E-state index in [0.29, 0.717) is 6.42 Å². The lowest BCUT2D eigenvalue weighted by atomic mass is 10.1. The van der Waals surface area contributed by atoms with Crippen LogP contribution in [0.1, 0.15) is 5.56 Å². The standard InChI is InChI=1S/C11H12NO2/c1-12-7-8(4-5-13)10-6-9(14)2-3-11(10)12/h2-3,6-7,13H,4-5H2,1H3. The van der Waals surface area contributed by atoms with Crippen LogP contribution in [-0.4, -0.2) is 16.3 Å². The van der Waals surface area contributed by atoms with Crippen LogP contribution in [0.2, 0.25) is 0 Å². The molecule has 0 saturated heterocycles. The van der Waals surface area contributed by atoms with Crippen molar-refractivity contribution in [2.24, 2.45) is 7.05 Å². The molecule has 14 heavy (non-hydrogen) atoms. The highest BCUT2D eigenvalue weighted by atomic mass is 16.3. The molecule has 2 aromatic rings. The third-order valence-corrected chi connectivity index (χ3v) is 2.42. The Balaban J connectivity index is 2.66. The number of aryl methyl sites for hydroxylation is 1. The van der Waals surface area contributed by atoms with E-state index in [1.807, 2.05) is 23.9 Å². The molecule has 0 atom stereocenters. The fraction of sp³-hybridized carbons (Fsp3) is 0.273. The smallest absolute Gasteiger partial charge is 0.179 e. The summed E-state index contributed by atoms with van der Waals surface area (Å²) < 4.78 is 1.97. The van der Waals surface area contributed by atoms with Crippen molar-refractivity contribution in [2.45, 2.75) is 6.42 Å². The number of fused-ring (bicyclic) bond motifs is 1. The highest BCUT2D eigenvalue weighted by Gasteiger charge is 2.06. The molecule has 0 aliphatic rings. The molecule has 1 aromatic carbocycles. The molecule has 1 heterocycles. The van der Waals surface area contributed by atoms with Gasteiger partial charge in [-0.05, 0) is 30.2 Å². The van der Waals surface area contributed by atoms with Crippen LogP contribution in [0.25, 0.3) is 10.9 Å². The number of hydrogen-bond donors (Lipinski definition) is 1. The van der Waals surface area contributed by atoms with E-state index >= 15 is 0 Å².